The maximum atomic E-state index is 11.9. The van der Waals surface area contributed by atoms with Crippen LogP contribution in [0.5, 0.6) is 0 Å². The van der Waals surface area contributed by atoms with Crippen LogP contribution in [0, 0.1) is 0 Å². The number of unbranched alkanes of at least 4 members (excludes halogenated alkanes) is 8. The second kappa shape index (κ2) is 30.2. The lowest BCUT2D eigenvalue weighted by Gasteiger charge is -2.16. The van der Waals surface area contributed by atoms with E-state index in [1.165, 1.54) is 38.5 Å². The van der Waals surface area contributed by atoms with E-state index in [4.69, 9.17) is 9.47 Å². The maximum absolute atomic E-state index is 11.9. The predicted octanol–water partition coefficient (Wildman–Crippen LogP) is 7.44. The first-order valence-electron chi connectivity index (χ1n) is 16.4. The Labute approximate surface area is 255 Å². The van der Waals surface area contributed by atoms with Crippen LogP contribution in [0.15, 0.2) is 48.6 Å². The first kappa shape index (κ1) is 39.8. The average molecular weight is 593 g/mol. The van der Waals surface area contributed by atoms with Gasteiger partial charge in [-0.05, 0) is 51.4 Å². The smallest absolute Gasteiger partial charge is 0.305 e. The summed E-state index contributed by atoms with van der Waals surface area (Å²) in [6.45, 7) is 3.88. The van der Waals surface area contributed by atoms with Crippen molar-refractivity contribution in [3.8, 4) is 0 Å². The Hall–Kier alpha value is -2.22. The molecule has 0 radical (unpaired) electrons. The van der Waals surface area contributed by atoms with Gasteiger partial charge < -0.3 is 24.8 Å². The van der Waals surface area contributed by atoms with Crippen LogP contribution in [0.25, 0.3) is 0 Å². The van der Waals surface area contributed by atoms with Gasteiger partial charge >= 0.3 is 11.9 Å². The first-order valence-corrected chi connectivity index (χ1v) is 16.4. The number of hydrogen-bond donors (Lipinski definition) is 3. The van der Waals surface area contributed by atoms with Gasteiger partial charge in [0.05, 0.1) is 12.2 Å². The van der Waals surface area contributed by atoms with Crippen molar-refractivity contribution in [3.05, 3.63) is 48.6 Å². The Balaban J connectivity index is 3.78. The highest BCUT2D eigenvalue weighted by molar-refractivity contribution is 5.69. The SMILES string of the molecule is CC/C=C\C/C=C\C/C=C\C/C=C\C[C@H](O)[C@@H](O)CCCC(=O)OC[C@@H](O)COC(=O)CCCCCCCCCCC. The molecule has 0 amide bonds. The highest BCUT2D eigenvalue weighted by Crippen LogP contribution is 2.12. The molecule has 0 aliphatic rings. The molecule has 7 heteroatoms. The zero-order valence-corrected chi connectivity index (χ0v) is 26.5. The number of esters is 2. The Kier molecular flexibility index (Phi) is 28.6. The highest BCUT2D eigenvalue weighted by atomic mass is 16.6. The topological polar surface area (TPSA) is 113 Å². The van der Waals surface area contributed by atoms with Crippen LogP contribution in [0.3, 0.4) is 0 Å². The van der Waals surface area contributed by atoms with E-state index in [1.807, 2.05) is 12.2 Å². The fourth-order valence-corrected chi connectivity index (χ4v) is 4.17. The molecule has 0 saturated carbocycles. The Morgan fingerprint density at radius 2 is 1.02 bits per heavy atom. The number of carbonyl (C=O) groups is 2. The van der Waals surface area contributed by atoms with Crippen molar-refractivity contribution in [3.63, 3.8) is 0 Å². The second-order valence-corrected chi connectivity index (χ2v) is 10.9. The molecule has 0 unspecified atom stereocenters. The summed E-state index contributed by atoms with van der Waals surface area (Å²) in [6, 6.07) is 0. The monoisotopic (exact) mass is 592 g/mol. The number of carbonyl (C=O) groups excluding carboxylic acids is 2. The van der Waals surface area contributed by atoms with Gasteiger partial charge in [0.2, 0.25) is 0 Å². The molecule has 0 fully saturated rings. The summed E-state index contributed by atoms with van der Waals surface area (Å²) in [7, 11) is 0. The van der Waals surface area contributed by atoms with E-state index < -0.39 is 24.3 Å². The van der Waals surface area contributed by atoms with Gasteiger partial charge in [0.25, 0.3) is 0 Å². The molecule has 7 nitrogen and oxygen atoms in total. The van der Waals surface area contributed by atoms with Crippen molar-refractivity contribution in [2.45, 2.75) is 148 Å². The second-order valence-electron chi connectivity index (χ2n) is 10.9. The summed E-state index contributed by atoms with van der Waals surface area (Å²) in [5, 5.41) is 30.2. The van der Waals surface area contributed by atoms with E-state index in [9.17, 15) is 24.9 Å². The fourth-order valence-electron chi connectivity index (χ4n) is 4.17. The highest BCUT2D eigenvalue weighted by Gasteiger charge is 2.16. The largest absolute Gasteiger partial charge is 0.463 e. The molecular weight excluding hydrogens is 532 g/mol. The molecule has 0 aromatic heterocycles. The van der Waals surface area contributed by atoms with Crippen molar-refractivity contribution in [2.24, 2.45) is 0 Å². The zero-order chi connectivity index (χ0) is 31.1. The van der Waals surface area contributed by atoms with Crippen LogP contribution in [0.4, 0.5) is 0 Å². The number of aliphatic hydroxyl groups is 3. The molecule has 0 rings (SSSR count). The third-order valence-electron chi connectivity index (χ3n) is 6.78. The van der Waals surface area contributed by atoms with Crippen molar-refractivity contribution < 1.29 is 34.4 Å². The minimum Gasteiger partial charge on any atom is -0.463 e. The summed E-state index contributed by atoms with van der Waals surface area (Å²) in [4.78, 5) is 23.8. The van der Waals surface area contributed by atoms with Crippen molar-refractivity contribution in [1.29, 1.82) is 0 Å². The maximum Gasteiger partial charge on any atom is 0.305 e. The normalized spacial score (nSPS) is 14.3. The standard InChI is InChI=1S/C35H60O7/c1-3-5-7-9-11-13-14-15-17-18-20-22-25-32(37)33(38)26-24-28-35(40)42-30-31(36)29-41-34(39)27-23-21-19-16-12-10-8-6-4-2/h5,7,11,13,15,17,20,22,31-33,36-38H,3-4,6,8-10,12,14,16,18-19,21,23-30H2,1-2H3/b7-5-,13-11-,17-15-,22-20-/t31-,32-,33-/m0/s1. The van der Waals surface area contributed by atoms with E-state index in [0.29, 0.717) is 19.3 Å². The Bertz CT molecular complexity index is 756. The molecule has 3 N–H and O–H groups in total. The molecule has 3 atom stereocenters. The minimum atomic E-state index is -1.07. The molecule has 0 heterocycles. The number of rotatable bonds is 28. The molecule has 242 valence electrons. The molecule has 0 aromatic rings. The molecule has 0 saturated heterocycles. The number of hydrogen-bond acceptors (Lipinski definition) is 7. The van der Waals surface area contributed by atoms with Crippen LogP contribution >= 0.6 is 0 Å². The van der Waals surface area contributed by atoms with Crippen molar-refractivity contribution in [2.75, 3.05) is 13.2 Å². The lowest BCUT2D eigenvalue weighted by Crippen LogP contribution is -2.26. The van der Waals surface area contributed by atoms with Gasteiger partial charge in [0, 0.05) is 12.8 Å². The predicted molar refractivity (Wildman–Crippen MR) is 171 cm³/mol. The van der Waals surface area contributed by atoms with Gasteiger partial charge in [-0.15, -0.1) is 0 Å². The Morgan fingerprint density at radius 3 is 1.55 bits per heavy atom. The van der Waals surface area contributed by atoms with E-state index in [-0.39, 0.29) is 32.0 Å². The molecular formula is C35H60O7. The quantitative estimate of drug-likeness (QED) is 0.0491. The summed E-state index contributed by atoms with van der Waals surface area (Å²) in [5.41, 5.74) is 0. The molecule has 0 aromatic carbocycles. The van der Waals surface area contributed by atoms with E-state index in [1.54, 1.807) is 0 Å². The van der Waals surface area contributed by atoms with Crippen molar-refractivity contribution in [1.82, 2.24) is 0 Å². The van der Waals surface area contributed by atoms with E-state index in [0.717, 1.165) is 44.9 Å². The van der Waals surface area contributed by atoms with Crippen LogP contribution < -0.4 is 0 Å². The van der Waals surface area contributed by atoms with Crippen LogP contribution in [-0.2, 0) is 19.1 Å². The summed E-state index contributed by atoms with van der Waals surface area (Å²) in [5.74, 6) is -0.850. The summed E-state index contributed by atoms with van der Waals surface area (Å²) >= 11 is 0. The van der Waals surface area contributed by atoms with Gasteiger partial charge in [-0.2, -0.15) is 0 Å². The van der Waals surface area contributed by atoms with Gasteiger partial charge in [0.15, 0.2) is 0 Å². The molecule has 42 heavy (non-hydrogen) atoms. The lowest BCUT2D eigenvalue weighted by molar-refractivity contribution is -0.152. The van der Waals surface area contributed by atoms with Gasteiger partial charge in [-0.25, -0.2) is 0 Å². The van der Waals surface area contributed by atoms with E-state index in [2.05, 4.69) is 50.3 Å². The number of aliphatic hydroxyl groups excluding tert-OH is 3. The zero-order valence-electron chi connectivity index (χ0n) is 26.5. The molecule has 0 bridgehead atoms. The van der Waals surface area contributed by atoms with Gasteiger partial charge in [-0.1, -0.05) is 114 Å². The molecule has 0 spiro atoms. The van der Waals surface area contributed by atoms with Gasteiger partial charge in [-0.3, -0.25) is 9.59 Å². The average Bonchev–Trinajstić information content (AvgIpc) is 2.98. The van der Waals surface area contributed by atoms with Crippen molar-refractivity contribution >= 4 is 11.9 Å². The van der Waals surface area contributed by atoms with Crippen LogP contribution in [-0.4, -0.2) is 58.8 Å². The third-order valence-corrected chi connectivity index (χ3v) is 6.78. The number of allylic oxidation sites excluding steroid dienone is 7. The van der Waals surface area contributed by atoms with E-state index >= 15 is 0 Å². The lowest BCUT2D eigenvalue weighted by atomic mass is 10.0. The van der Waals surface area contributed by atoms with Crippen LogP contribution in [0.1, 0.15) is 129 Å². The molecule has 0 aliphatic heterocycles. The Morgan fingerprint density at radius 1 is 0.571 bits per heavy atom. The summed E-state index contributed by atoms with van der Waals surface area (Å²) < 4.78 is 10.1. The summed E-state index contributed by atoms with van der Waals surface area (Å²) in [6.07, 6.45) is 29.2. The number of ether oxygens (including phenoxy) is 2. The molecule has 0 aliphatic carbocycles. The fraction of sp³-hybridized carbons (Fsp3) is 0.714. The first-order chi connectivity index (χ1) is 20.4. The van der Waals surface area contributed by atoms with Crippen LogP contribution in [0.2, 0.25) is 0 Å². The third kappa shape index (κ3) is 27.9. The minimum absolute atomic E-state index is 0.0683. The van der Waals surface area contributed by atoms with Gasteiger partial charge in [0.1, 0.15) is 19.3 Å².